The Bertz CT molecular complexity index is 353. The summed E-state index contributed by atoms with van der Waals surface area (Å²) in [5.74, 6) is -1.66. The fraction of sp³-hybridized carbons (Fsp3) is 1.00. The van der Waals surface area contributed by atoms with Gasteiger partial charge in [0, 0.05) is 18.4 Å². The quantitative estimate of drug-likeness (QED) is 0.699. The Morgan fingerprint density at radius 1 is 1.04 bits per heavy atom. The number of aliphatic hydroxyl groups excluding tert-OH is 1. The first kappa shape index (κ1) is 19.0. The highest BCUT2D eigenvalue weighted by Crippen LogP contribution is 2.48. The number of unbranched alkanes of at least 4 members (excludes halogenated alkanes) is 2. The first-order valence-electron chi connectivity index (χ1n) is 9.23. The molecule has 2 aliphatic carbocycles. The van der Waals surface area contributed by atoms with E-state index in [9.17, 15) is 18.3 Å². The van der Waals surface area contributed by atoms with Crippen LogP contribution in [0.25, 0.3) is 0 Å². The second kappa shape index (κ2) is 8.70. The third-order valence-electron chi connectivity index (χ3n) is 5.73. The highest BCUT2D eigenvalue weighted by Gasteiger charge is 2.54. The molecule has 0 amide bonds. The van der Waals surface area contributed by atoms with E-state index < -0.39 is 42.6 Å². The number of alkyl halides is 3. The van der Waals surface area contributed by atoms with Crippen LogP contribution in [0.15, 0.2) is 0 Å². The molecule has 0 spiro atoms. The Labute approximate surface area is 137 Å². The average molecular weight is 336 g/mol. The molecule has 2 fully saturated rings. The summed E-state index contributed by atoms with van der Waals surface area (Å²) in [6.45, 7) is 4.17. The van der Waals surface area contributed by atoms with Gasteiger partial charge in [-0.25, -0.2) is 13.2 Å². The fourth-order valence-electron chi connectivity index (χ4n) is 4.46. The summed E-state index contributed by atoms with van der Waals surface area (Å²) < 4.78 is 48.9. The van der Waals surface area contributed by atoms with Crippen molar-refractivity contribution in [2.45, 2.75) is 89.5 Å². The maximum atomic E-state index is 14.9. The number of aliphatic hydroxyl groups is 1. The minimum absolute atomic E-state index is 0.178. The van der Waals surface area contributed by atoms with Crippen molar-refractivity contribution in [3.8, 4) is 0 Å². The second-order valence-corrected chi connectivity index (χ2v) is 7.20. The molecule has 0 saturated heterocycles. The Balaban J connectivity index is 1.99. The van der Waals surface area contributed by atoms with Crippen molar-refractivity contribution < 1.29 is 23.0 Å². The van der Waals surface area contributed by atoms with Gasteiger partial charge in [-0.3, -0.25) is 0 Å². The second-order valence-electron chi connectivity index (χ2n) is 7.20. The molecule has 0 radical (unpaired) electrons. The number of halogens is 3. The van der Waals surface area contributed by atoms with Crippen LogP contribution in [0, 0.1) is 17.8 Å². The maximum Gasteiger partial charge on any atom is 0.157 e. The summed E-state index contributed by atoms with van der Waals surface area (Å²) in [4.78, 5) is 0. The Morgan fingerprint density at radius 2 is 1.78 bits per heavy atom. The van der Waals surface area contributed by atoms with E-state index in [4.69, 9.17) is 4.74 Å². The lowest BCUT2D eigenvalue weighted by Gasteiger charge is -2.47. The van der Waals surface area contributed by atoms with Gasteiger partial charge in [0.2, 0.25) is 0 Å². The molecule has 2 rings (SSSR count). The van der Waals surface area contributed by atoms with Gasteiger partial charge in [-0.2, -0.15) is 0 Å². The summed E-state index contributed by atoms with van der Waals surface area (Å²) in [6, 6.07) is 0. The SMILES string of the molecule is CCCCCC(O)C1CCC2CC(OCC)C(F)C(F)C2C1F. The highest BCUT2D eigenvalue weighted by atomic mass is 19.2. The smallest absolute Gasteiger partial charge is 0.157 e. The molecule has 0 aromatic rings. The third-order valence-corrected chi connectivity index (χ3v) is 5.73. The molecule has 136 valence electrons. The number of fused-ring (bicyclic) bond motifs is 1. The van der Waals surface area contributed by atoms with Crippen LogP contribution in [0.5, 0.6) is 0 Å². The van der Waals surface area contributed by atoms with Gasteiger partial charge in [0.25, 0.3) is 0 Å². The molecule has 0 aromatic heterocycles. The van der Waals surface area contributed by atoms with Gasteiger partial charge in [0.05, 0.1) is 12.2 Å². The zero-order chi connectivity index (χ0) is 17.0. The van der Waals surface area contributed by atoms with Crippen molar-refractivity contribution in [2.24, 2.45) is 17.8 Å². The van der Waals surface area contributed by atoms with Crippen molar-refractivity contribution in [1.82, 2.24) is 0 Å². The predicted molar refractivity (Wildman–Crippen MR) is 84.6 cm³/mol. The molecule has 23 heavy (non-hydrogen) atoms. The van der Waals surface area contributed by atoms with Crippen LogP contribution in [0.1, 0.15) is 58.8 Å². The van der Waals surface area contributed by atoms with Gasteiger partial charge in [-0.1, -0.05) is 26.2 Å². The largest absolute Gasteiger partial charge is 0.393 e. The molecular weight excluding hydrogens is 305 g/mol. The van der Waals surface area contributed by atoms with Crippen LogP contribution in [0.4, 0.5) is 13.2 Å². The lowest BCUT2D eigenvalue weighted by molar-refractivity contribution is -0.138. The predicted octanol–water partition coefficient (Wildman–Crippen LogP) is 4.39. The number of ether oxygens (including phenoxy) is 1. The zero-order valence-electron chi connectivity index (χ0n) is 14.3. The van der Waals surface area contributed by atoms with Gasteiger partial charge in [-0.05, 0) is 38.5 Å². The number of hydrogen-bond donors (Lipinski definition) is 1. The molecule has 0 heterocycles. The first-order chi connectivity index (χ1) is 11.0. The maximum absolute atomic E-state index is 14.9. The van der Waals surface area contributed by atoms with Crippen molar-refractivity contribution in [3.05, 3.63) is 0 Å². The van der Waals surface area contributed by atoms with E-state index >= 15 is 0 Å². The number of hydrogen-bond acceptors (Lipinski definition) is 2. The van der Waals surface area contributed by atoms with Crippen LogP contribution in [0.3, 0.4) is 0 Å². The van der Waals surface area contributed by atoms with Crippen molar-refractivity contribution in [1.29, 1.82) is 0 Å². The Morgan fingerprint density at radius 3 is 2.43 bits per heavy atom. The van der Waals surface area contributed by atoms with Gasteiger partial charge in [0.1, 0.15) is 12.3 Å². The summed E-state index contributed by atoms with van der Waals surface area (Å²) in [6.07, 6.45) is -1.51. The monoisotopic (exact) mass is 336 g/mol. The van der Waals surface area contributed by atoms with E-state index in [1.807, 2.05) is 0 Å². The van der Waals surface area contributed by atoms with E-state index in [1.165, 1.54) is 0 Å². The molecule has 1 N–H and O–H groups in total. The van der Waals surface area contributed by atoms with Crippen LogP contribution < -0.4 is 0 Å². The molecule has 2 nitrogen and oxygen atoms in total. The van der Waals surface area contributed by atoms with Gasteiger partial charge >= 0.3 is 0 Å². The summed E-state index contributed by atoms with van der Waals surface area (Å²) in [5.41, 5.74) is 0. The lowest BCUT2D eigenvalue weighted by Crippen LogP contribution is -2.55. The molecule has 0 bridgehead atoms. The number of rotatable bonds is 7. The first-order valence-corrected chi connectivity index (χ1v) is 9.23. The topological polar surface area (TPSA) is 29.5 Å². The van der Waals surface area contributed by atoms with Gasteiger partial charge < -0.3 is 9.84 Å². The van der Waals surface area contributed by atoms with Crippen LogP contribution in [-0.4, -0.2) is 42.4 Å². The van der Waals surface area contributed by atoms with Gasteiger partial charge in [-0.15, -0.1) is 0 Å². The summed E-state index contributed by atoms with van der Waals surface area (Å²) in [7, 11) is 0. The molecule has 8 unspecified atom stereocenters. The lowest BCUT2D eigenvalue weighted by atomic mass is 9.63. The molecule has 2 saturated carbocycles. The molecule has 8 atom stereocenters. The Kier molecular flexibility index (Phi) is 7.20. The van der Waals surface area contributed by atoms with E-state index in [1.54, 1.807) is 6.92 Å². The average Bonchev–Trinajstić information content (AvgIpc) is 2.52. The van der Waals surface area contributed by atoms with E-state index in [2.05, 4.69) is 6.92 Å². The summed E-state index contributed by atoms with van der Waals surface area (Å²) >= 11 is 0. The van der Waals surface area contributed by atoms with E-state index in [0.29, 0.717) is 32.3 Å². The van der Waals surface area contributed by atoms with E-state index in [0.717, 1.165) is 19.3 Å². The van der Waals surface area contributed by atoms with Crippen molar-refractivity contribution in [3.63, 3.8) is 0 Å². The molecule has 5 heteroatoms. The molecule has 0 aromatic carbocycles. The summed E-state index contributed by atoms with van der Waals surface area (Å²) in [5, 5.41) is 10.3. The van der Waals surface area contributed by atoms with Gasteiger partial charge in [0.15, 0.2) is 6.17 Å². The third kappa shape index (κ3) is 4.22. The minimum atomic E-state index is -1.83. The molecule has 0 aliphatic heterocycles. The van der Waals surface area contributed by atoms with Crippen LogP contribution in [-0.2, 0) is 4.74 Å². The van der Waals surface area contributed by atoms with Crippen molar-refractivity contribution in [2.75, 3.05) is 6.61 Å². The fourth-order valence-corrected chi connectivity index (χ4v) is 4.46. The van der Waals surface area contributed by atoms with E-state index in [-0.39, 0.29) is 5.92 Å². The van der Waals surface area contributed by atoms with Crippen LogP contribution in [0.2, 0.25) is 0 Å². The Hall–Kier alpha value is -0.290. The molecular formula is C18H31F3O2. The van der Waals surface area contributed by atoms with Crippen molar-refractivity contribution >= 4 is 0 Å². The normalized spacial score (nSPS) is 42.3. The zero-order valence-corrected chi connectivity index (χ0v) is 14.3. The molecule has 2 aliphatic rings. The standard InChI is InChI=1S/C18H31F3O2/c1-3-5-6-7-13(22)12-9-8-11-10-14(23-4-2)17(20)18(21)15(11)16(12)19/h11-18,22H,3-10H2,1-2H3. The minimum Gasteiger partial charge on any atom is -0.393 e. The highest BCUT2D eigenvalue weighted by molar-refractivity contribution is 5.01. The van der Waals surface area contributed by atoms with Crippen LogP contribution >= 0.6 is 0 Å².